The topological polar surface area (TPSA) is 152 Å². The minimum Gasteiger partial charge on any atom is -0.496 e. The Labute approximate surface area is 255 Å². The summed E-state index contributed by atoms with van der Waals surface area (Å²) in [6.45, 7) is 1.84. The van der Waals surface area contributed by atoms with Crippen LogP contribution in [0.25, 0.3) is 0 Å². The molecule has 0 unspecified atom stereocenters. The molecule has 15 heteroatoms. The highest BCUT2D eigenvalue weighted by Gasteiger charge is 2.32. The smallest absolute Gasteiger partial charge is 0.304 e. The molecule has 2 amide bonds. The lowest BCUT2D eigenvalue weighted by molar-refractivity contribution is 0.0740. The Balaban J connectivity index is 1.50. The summed E-state index contributed by atoms with van der Waals surface area (Å²) in [5, 5.41) is 1.86. The van der Waals surface area contributed by atoms with E-state index in [4.69, 9.17) is 9.47 Å². The van der Waals surface area contributed by atoms with E-state index in [1.165, 1.54) is 19.6 Å². The summed E-state index contributed by atoms with van der Waals surface area (Å²) < 4.78 is 62.5. The first-order chi connectivity index (χ1) is 20.4. The van der Waals surface area contributed by atoms with Gasteiger partial charge in [0.2, 0.25) is 0 Å². The molecule has 3 aromatic rings. The SMILES string of the molecule is COc1cc(C(=O)N(CCCc2ccccc2)Cc2nc(C(=O)NS(=O)(=O)N3CCS(=O)(=O)CC3)cs2)cc(OC)c1C. The minimum absolute atomic E-state index is 0.0841. The first kappa shape index (κ1) is 32.4. The fraction of sp³-hybridized carbons (Fsp3) is 0.393. The number of benzene rings is 2. The zero-order chi connectivity index (χ0) is 31.2. The van der Waals surface area contributed by atoms with Crippen molar-refractivity contribution in [1.82, 2.24) is 18.9 Å². The molecule has 43 heavy (non-hydrogen) atoms. The van der Waals surface area contributed by atoms with Crippen LogP contribution in [0.4, 0.5) is 0 Å². The number of hydrogen-bond acceptors (Lipinski definition) is 10. The first-order valence-electron chi connectivity index (χ1n) is 13.5. The van der Waals surface area contributed by atoms with E-state index in [0.717, 1.165) is 33.2 Å². The molecule has 12 nitrogen and oxygen atoms in total. The third-order valence-electron chi connectivity index (χ3n) is 7.00. The van der Waals surface area contributed by atoms with E-state index in [0.29, 0.717) is 35.0 Å². The van der Waals surface area contributed by atoms with Gasteiger partial charge in [0, 0.05) is 36.1 Å². The number of carbonyl (C=O) groups is 2. The molecule has 0 spiro atoms. The second kappa shape index (κ2) is 13.8. The summed E-state index contributed by atoms with van der Waals surface area (Å²) in [5.41, 5.74) is 2.13. The van der Waals surface area contributed by atoms with Gasteiger partial charge in [-0.25, -0.2) is 18.1 Å². The van der Waals surface area contributed by atoms with Crippen molar-refractivity contribution in [3.63, 3.8) is 0 Å². The van der Waals surface area contributed by atoms with Crippen molar-refractivity contribution in [2.75, 3.05) is 45.4 Å². The maximum absolute atomic E-state index is 13.8. The van der Waals surface area contributed by atoms with Gasteiger partial charge in [0.25, 0.3) is 11.8 Å². The van der Waals surface area contributed by atoms with Crippen LogP contribution in [0.3, 0.4) is 0 Å². The van der Waals surface area contributed by atoms with Crippen LogP contribution >= 0.6 is 11.3 Å². The summed E-state index contributed by atoms with van der Waals surface area (Å²) in [7, 11) is -4.52. The number of aromatic nitrogens is 1. The van der Waals surface area contributed by atoms with E-state index < -0.39 is 26.0 Å². The summed E-state index contributed by atoms with van der Waals surface area (Å²) in [4.78, 5) is 32.5. The third-order valence-corrected chi connectivity index (χ3v) is 10.9. The quantitative estimate of drug-likeness (QED) is 0.312. The number of sulfone groups is 1. The van der Waals surface area contributed by atoms with Crippen LogP contribution in [0, 0.1) is 6.92 Å². The predicted molar refractivity (Wildman–Crippen MR) is 163 cm³/mol. The first-order valence-corrected chi connectivity index (χ1v) is 17.6. The van der Waals surface area contributed by atoms with Gasteiger partial charge >= 0.3 is 10.2 Å². The van der Waals surface area contributed by atoms with Gasteiger partial charge in [-0.15, -0.1) is 11.3 Å². The Morgan fingerprint density at radius 2 is 1.70 bits per heavy atom. The molecule has 0 radical (unpaired) electrons. The maximum atomic E-state index is 13.8. The summed E-state index contributed by atoms with van der Waals surface area (Å²) in [5.74, 6) is -0.828. The van der Waals surface area contributed by atoms with Crippen molar-refractivity contribution >= 4 is 43.2 Å². The molecule has 1 fully saturated rings. The molecule has 1 saturated heterocycles. The Morgan fingerprint density at radius 1 is 1.07 bits per heavy atom. The summed E-state index contributed by atoms with van der Waals surface area (Å²) >= 11 is 1.12. The van der Waals surface area contributed by atoms with Gasteiger partial charge < -0.3 is 14.4 Å². The lowest BCUT2D eigenvalue weighted by atomic mass is 10.1. The fourth-order valence-corrected chi connectivity index (χ4v) is 7.94. The Kier molecular flexibility index (Phi) is 10.4. The Morgan fingerprint density at radius 3 is 2.30 bits per heavy atom. The van der Waals surface area contributed by atoms with E-state index in [2.05, 4.69) is 4.98 Å². The van der Waals surface area contributed by atoms with Gasteiger partial charge in [0.05, 0.1) is 32.3 Å². The zero-order valence-corrected chi connectivity index (χ0v) is 26.6. The van der Waals surface area contributed by atoms with E-state index in [1.807, 2.05) is 42.0 Å². The van der Waals surface area contributed by atoms with Crippen LogP contribution in [-0.4, -0.2) is 88.2 Å². The lowest BCUT2D eigenvalue weighted by Gasteiger charge is -2.25. The molecule has 4 rings (SSSR count). The number of hydrogen-bond donors (Lipinski definition) is 1. The standard InChI is InChI=1S/C28H34N4O8S3/c1-20-24(39-2)16-22(17-25(20)40-3)28(34)31(11-7-10-21-8-5-4-6-9-21)18-26-29-23(19-41-26)27(33)30-43(37,38)32-12-14-42(35,36)15-13-32/h4-6,8-9,16-17,19H,7,10-15,18H2,1-3H3,(H,30,33). The zero-order valence-electron chi connectivity index (χ0n) is 24.1. The van der Waals surface area contributed by atoms with Crippen LogP contribution in [0.15, 0.2) is 47.8 Å². The Bertz CT molecular complexity index is 1640. The predicted octanol–water partition coefficient (Wildman–Crippen LogP) is 2.45. The molecule has 0 bridgehead atoms. The monoisotopic (exact) mass is 650 g/mol. The fourth-order valence-electron chi connectivity index (χ4n) is 4.58. The van der Waals surface area contributed by atoms with Crippen LogP contribution in [-0.2, 0) is 33.0 Å². The van der Waals surface area contributed by atoms with Crippen LogP contribution < -0.4 is 14.2 Å². The number of rotatable bonds is 12. The van der Waals surface area contributed by atoms with Crippen molar-refractivity contribution in [3.8, 4) is 11.5 Å². The van der Waals surface area contributed by atoms with E-state index in [-0.39, 0.29) is 42.7 Å². The minimum atomic E-state index is -4.25. The van der Waals surface area contributed by atoms with Crippen LogP contribution in [0.5, 0.6) is 11.5 Å². The van der Waals surface area contributed by atoms with E-state index in [9.17, 15) is 26.4 Å². The number of carbonyl (C=O) groups excluding carboxylic acids is 2. The number of amides is 2. The molecule has 0 saturated carbocycles. The van der Waals surface area contributed by atoms with Crippen molar-refractivity contribution < 1.29 is 35.9 Å². The molecule has 1 aliphatic rings. The molecule has 2 aromatic carbocycles. The molecule has 0 aliphatic carbocycles. The van der Waals surface area contributed by atoms with Gasteiger partial charge in [-0.3, -0.25) is 9.59 Å². The highest BCUT2D eigenvalue weighted by molar-refractivity contribution is 7.92. The van der Waals surface area contributed by atoms with E-state index in [1.54, 1.807) is 17.0 Å². The third kappa shape index (κ3) is 8.31. The number of ether oxygens (including phenoxy) is 2. The average molecular weight is 651 g/mol. The second-order valence-electron chi connectivity index (χ2n) is 9.94. The number of nitrogens with one attached hydrogen (secondary N) is 1. The largest absolute Gasteiger partial charge is 0.496 e. The second-order valence-corrected chi connectivity index (χ2v) is 14.9. The molecule has 1 aromatic heterocycles. The van der Waals surface area contributed by atoms with Gasteiger partial charge in [-0.1, -0.05) is 30.3 Å². The van der Waals surface area contributed by atoms with Gasteiger partial charge in [0.1, 0.15) is 22.2 Å². The van der Waals surface area contributed by atoms with Crippen molar-refractivity contribution in [2.45, 2.75) is 26.3 Å². The number of nitrogens with zero attached hydrogens (tertiary/aromatic N) is 3. The molecule has 2 heterocycles. The average Bonchev–Trinajstić information content (AvgIpc) is 3.45. The molecule has 1 aliphatic heterocycles. The number of aryl methyl sites for hydroxylation is 1. The van der Waals surface area contributed by atoms with Gasteiger partial charge in [-0.2, -0.15) is 12.7 Å². The van der Waals surface area contributed by atoms with Gasteiger partial charge in [0.15, 0.2) is 9.84 Å². The van der Waals surface area contributed by atoms with Crippen molar-refractivity contribution in [3.05, 3.63) is 75.2 Å². The number of thiazole rings is 1. The Hall–Kier alpha value is -3.53. The van der Waals surface area contributed by atoms with E-state index >= 15 is 0 Å². The highest BCUT2D eigenvalue weighted by Crippen LogP contribution is 2.30. The normalized spacial score (nSPS) is 15.0. The number of methoxy groups -OCH3 is 2. The highest BCUT2D eigenvalue weighted by atomic mass is 32.2. The molecule has 232 valence electrons. The lowest BCUT2D eigenvalue weighted by Crippen LogP contribution is -2.50. The molecular formula is C28H34N4O8S3. The van der Waals surface area contributed by atoms with Crippen molar-refractivity contribution in [2.24, 2.45) is 0 Å². The van der Waals surface area contributed by atoms with Crippen LogP contribution in [0.1, 0.15) is 43.4 Å². The van der Waals surface area contributed by atoms with Crippen LogP contribution in [0.2, 0.25) is 0 Å². The summed E-state index contributed by atoms with van der Waals surface area (Å²) in [6.07, 6.45) is 1.41. The molecule has 0 atom stereocenters. The van der Waals surface area contributed by atoms with Crippen molar-refractivity contribution in [1.29, 1.82) is 0 Å². The molecule has 1 N–H and O–H groups in total. The summed E-state index contributed by atoms with van der Waals surface area (Å²) in [6, 6.07) is 13.2. The maximum Gasteiger partial charge on any atom is 0.304 e. The van der Waals surface area contributed by atoms with Gasteiger partial charge in [-0.05, 0) is 37.5 Å². The molecular weight excluding hydrogens is 617 g/mol.